The largest absolute Gasteiger partial charge is 0.317 e. The van der Waals surface area contributed by atoms with Crippen molar-refractivity contribution < 1.29 is 4.84 Å². The summed E-state index contributed by atoms with van der Waals surface area (Å²) < 4.78 is 0. The zero-order chi connectivity index (χ0) is 18.9. The molecule has 6 heteroatoms. The molecule has 3 aliphatic rings. The van der Waals surface area contributed by atoms with Crippen molar-refractivity contribution in [2.75, 3.05) is 25.3 Å². The molecule has 0 unspecified atom stereocenters. The van der Waals surface area contributed by atoms with Gasteiger partial charge in [0, 0.05) is 40.4 Å². The zero-order valence-electron chi connectivity index (χ0n) is 16.5. The molecule has 150 valence electrons. The number of hydrogen-bond acceptors (Lipinski definition) is 6. The third-order valence-corrected chi connectivity index (χ3v) is 8.69. The van der Waals surface area contributed by atoms with E-state index >= 15 is 0 Å². The van der Waals surface area contributed by atoms with Crippen LogP contribution in [-0.4, -0.2) is 36.5 Å². The van der Waals surface area contributed by atoms with Gasteiger partial charge in [-0.3, -0.25) is 9.90 Å². The summed E-state index contributed by atoms with van der Waals surface area (Å²) in [5.41, 5.74) is 2.55. The molecule has 2 heterocycles. The van der Waals surface area contributed by atoms with Gasteiger partial charge in [-0.2, -0.15) is 0 Å². The molecule has 0 spiro atoms. The van der Waals surface area contributed by atoms with E-state index in [0.29, 0.717) is 12.0 Å². The first kappa shape index (κ1) is 18.9. The van der Waals surface area contributed by atoms with Crippen LogP contribution in [0.5, 0.6) is 0 Å². The smallest absolute Gasteiger partial charge is 0.0962 e. The van der Waals surface area contributed by atoms with Crippen molar-refractivity contribution in [2.24, 2.45) is 0 Å². The van der Waals surface area contributed by atoms with E-state index in [-0.39, 0.29) is 0 Å². The van der Waals surface area contributed by atoms with Gasteiger partial charge in [0.1, 0.15) is 0 Å². The number of nitrogens with zero attached hydrogens (tertiary/aromatic N) is 2. The molecule has 5 rings (SSSR count). The Morgan fingerprint density at radius 1 is 1.18 bits per heavy atom. The van der Waals surface area contributed by atoms with Crippen molar-refractivity contribution in [3.05, 3.63) is 29.4 Å². The van der Waals surface area contributed by atoms with Gasteiger partial charge in [-0.25, -0.2) is 4.98 Å². The maximum atomic E-state index is 5.77. The average molecular weight is 416 g/mol. The molecule has 1 aromatic carbocycles. The normalized spacial score (nSPS) is 25.4. The molecule has 2 aliphatic carbocycles. The first-order chi connectivity index (χ1) is 13.8. The highest BCUT2D eigenvalue weighted by Crippen LogP contribution is 2.46. The summed E-state index contributed by atoms with van der Waals surface area (Å²) in [6, 6.07) is 7.53. The quantitative estimate of drug-likeness (QED) is 0.679. The van der Waals surface area contributed by atoms with Crippen molar-refractivity contribution in [3.63, 3.8) is 0 Å². The Hall–Kier alpha value is -1.08. The fourth-order valence-electron chi connectivity index (χ4n) is 4.21. The summed E-state index contributed by atoms with van der Waals surface area (Å²) in [5, 5.41) is 7.61. The molecule has 28 heavy (non-hydrogen) atoms. The molecule has 1 N–H and O–H groups in total. The van der Waals surface area contributed by atoms with Crippen molar-refractivity contribution >= 4 is 28.8 Å². The molecule has 0 atom stereocenters. The van der Waals surface area contributed by atoms with Crippen molar-refractivity contribution in [1.29, 1.82) is 0 Å². The molecule has 2 aromatic rings. The highest BCUT2D eigenvalue weighted by molar-refractivity contribution is 8.00. The van der Waals surface area contributed by atoms with Gasteiger partial charge in [0.15, 0.2) is 0 Å². The lowest BCUT2D eigenvalue weighted by atomic mass is 9.86. The summed E-state index contributed by atoms with van der Waals surface area (Å²) in [4.78, 5) is 13.3. The third kappa shape index (κ3) is 4.11. The molecule has 0 amide bonds. The van der Waals surface area contributed by atoms with E-state index in [1.807, 2.05) is 23.1 Å². The van der Waals surface area contributed by atoms with E-state index in [0.717, 1.165) is 24.8 Å². The third-order valence-electron chi connectivity index (χ3n) is 6.10. The lowest BCUT2D eigenvalue weighted by Gasteiger charge is -2.26. The Morgan fingerprint density at radius 2 is 2.04 bits per heavy atom. The van der Waals surface area contributed by atoms with Gasteiger partial charge < -0.3 is 5.32 Å². The van der Waals surface area contributed by atoms with Crippen molar-refractivity contribution in [1.82, 2.24) is 10.3 Å². The van der Waals surface area contributed by atoms with Crippen molar-refractivity contribution in [2.45, 2.75) is 67.1 Å². The van der Waals surface area contributed by atoms with Gasteiger partial charge in [-0.05, 0) is 64.1 Å². The van der Waals surface area contributed by atoms with Crippen LogP contribution in [0.4, 0.5) is 5.69 Å². The maximum Gasteiger partial charge on any atom is 0.0962 e. The number of rotatable bonds is 6. The Balaban J connectivity index is 1.38. The summed E-state index contributed by atoms with van der Waals surface area (Å²) in [7, 11) is 2.09. The van der Waals surface area contributed by atoms with E-state index in [4.69, 9.17) is 9.82 Å². The SMILES string of the molecule is CNC1CCC(c2ncc(-c3ccc(N4CCCO4)cc3SC3CC3)s2)CC1. The highest BCUT2D eigenvalue weighted by atomic mass is 32.2. The number of thioether (sulfide) groups is 1. The van der Waals surface area contributed by atoms with Gasteiger partial charge in [0.25, 0.3) is 0 Å². The highest BCUT2D eigenvalue weighted by Gasteiger charge is 2.27. The van der Waals surface area contributed by atoms with Crippen LogP contribution in [-0.2, 0) is 4.84 Å². The number of thiazole rings is 1. The Morgan fingerprint density at radius 3 is 2.75 bits per heavy atom. The Kier molecular flexibility index (Phi) is 5.64. The van der Waals surface area contributed by atoms with Crippen molar-refractivity contribution in [3.8, 4) is 10.4 Å². The lowest BCUT2D eigenvalue weighted by Crippen LogP contribution is -2.29. The van der Waals surface area contributed by atoms with Crippen LogP contribution in [0.1, 0.15) is 55.9 Å². The number of benzene rings is 1. The first-order valence-electron chi connectivity index (χ1n) is 10.6. The second-order valence-electron chi connectivity index (χ2n) is 8.19. The van der Waals surface area contributed by atoms with Gasteiger partial charge in [-0.1, -0.05) is 6.07 Å². The Labute approximate surface area is 176 Å². The predicted octanol–water partition coefficient (Wildman–Crippen LogP) is 5.45. The molecule has 1 aliphatic heterocycles. The average Bonchev–Trinajstić information content (AvgIpc) is 3.21. The van der Waals surface area contributed by atoms with E-state index in [1.54, 1.807) is 0 Å². The molecule has 3 fully saturated rings. The number of hydroxylamine groups is 1. The van der Waals surface area contributed by atoms with E-state index < -0.39 is 0 Å². The Bertz CT molecular complexity index is 806. The minimum Gasteiger partial charge on any atom is -0.317 e. The predicted molar refractivity (Wildman–Crippen MR) is 118 cm³/mol. The van der Waals surface area contributed by atoms with E-state index in [2.05, 4.69) is 41.8 Å². The molecule has 1 aromatic heterocycles. The fourth-order valence-corrected chi connectivity index (χ4v) is 6.63. The molecule has 0 bridgehead atoms. The molecule has 1 saturated heterocycles. The molecular weight excluding hydrogens is 386 g/mol. The molecule has 0 radical (unpaired) electrons. The van der Waals surface area contributed by atoms with Crippen LogP contribution in [0.2, 0.25) is 0 Å². The van der Waals surface area contributed by atoms with E-state index in [9.17, 15) is 0 Å². The van der Waals surface area contributed by atoms with Crippen LogP contribution in [0.3, 0.4) is 0 Å². The fraction of sp³-hybridized carbons (Fsp3) is 0.591. The van der Waals surface area contributed by atoms with Crippen LogP contribution in [0.15, 0.2) is 29.3 Å². The minimum atomic E-state index is 0.639. The second-order valence-corrected chi connectivity index (χ2v) is 10.6. The van der Waals surface area contributed by atoms with Gasteiger partial charge in [-0.15, -0.1) is 23.1 Å². The maximum absolute atomic E-state index is 5.77. The summed E-state index contributed by atoms with van der Waals surface area (Å²) in [5.74, 6) is 0.639. The topological polar surface area (TPSA) is 37.4 Å². The zero-order valence-corrected chi connectivity index (χ0v) is 18.2. The lowest BCUT2D eigenvalue weighted by molar-refractivity contribution is 0.168. The van der Waals surface area contributed by atoms with Crippen LogP contribution < -0.4 is 10.4 Å². The molecule has 4 nitrogen and oxygen atoms in total. The molecule has 2 saturated carbocycles. The standard InChI is InChI=1S/C22H29N3OS2/c1-23-16-5-3-15(4-6-16)22-24-14-21(28-22)19-10-7-17(25-11-2-12-26-25)13-20(19)27-18-8-9-18/h7,10,13-16,18,23H,2-6,8-9,11-12H2,1H3. The van der Waals surface area contributed by atoms with Crippen LogP contribution in [0.25, 0.3) is 10.4 Å². The molecular formula is C22H29N3OS2. The van der Waals surface area contributed by atoms with Crippen LogP contribution >= 0.6 is 23.1 Å². The number of nitrogens with one attached hydrogen (secondary N) is 1. The summed E-state index contributed by atoms with van der Waals surface area (Å²) in [6.45, 7) is 1.83. The van der Waals surface area contributed by atoms with E-state index in [1.165, 1.54) is 64.6 Å². The van der Waals surface area contributed by atoms with Gasteiger partial charge in [0.05, 0.1) is 22.2 Å². The first-order valence-corrected chi connectivity index (χ1v) is 12.3. The van der Waals surface area contributed by atoms with Gasteiger partial charge in [0.2, 0.25) is 0 Å². The number of aromatic nitrogens is 1. The number of hydrogen-bond donors (Lipinski definition) is 1. The van der Waals surface area contributed by atoms with Gasteiger partial charge >= 0.3 is 0 Å². The second kappa shape index (κ2) is 8.34. The summed E-state index contributed by atoms with van der Waals surface area (Å²) in [6.07, 6.45) is 11.0. The van der Waals surface area contributed by atoms with Crippen LogP contribution in [0, 0.1) is 0 Å². The summed E-state index contributed by atoms with van der Waals surface area (Å²) >= 11 is 3.95. The number of anilines is 1. The monoisotopic (exact) mass is 415 g/mol. The minimum absolute atomic E-state index is 0.639.